The van der Waals surface area contributed by atoms with Crippen LogP contribution in [0, 0.1) is 25.2 Å². The van der Waals surface area contributed by atoms with Gasteiger partial charge in [-0.1, -0.05) is 0 Å². The molecule has 0 radical (unpaired) electrons. The normalized spacial score (nSPS) is 10.8. The number of hydrogen-bond acceptors (Lipinski definition) is 2. The van der Waals surface area contributed by atoms with Gasteiger partial charge in [-0.15, -0.1) is 0 Å². The van der Waals surface area contributed by atoms with Crippen LogP contribution in [0.5, 0.6) is 0 Å². The molecule has 0 unspecified atom stereocenters. The average molecular weight is 237 g/mol. The van der Waals surface area contributed by atoms with Gasteiger partial charge in [-0.05, 0) is 44.2 Å². The zero-order valence-corrected chi connectivity index (χ0v) is 10.8. The van der Waals surface area contributed by atoms with E-state index >= 15 is 0 Å². The van der Waals surface area contributed by atoms with Crippen molar-refractivity contribution in [3.63, 3.8) is 0 Å². The van der Waals surface area contributed by atoms with Gasteiger partial charge in [0.25, 0.3) is 0 Å². The maximum Gasteiger partial charge on any atom is 0.0991 e. The summed E-state index contributed by atoms with van der Waals surface area (Å²) >= 11 is 0. The molecule has 0 bridgehead atoms. The van der Waals surface area contributed by atoms with Gasteiger partial charge in [-0.25, -0.2) is 0 Å². The van der Waals surface area contributed by atoms with E-state index in [1.165, 1.54) is 11.4 Å². The Bertz CT molecular complexity index is 625. The first-order valence-electron chi connectivity index (χ1n) is 5.79. The predicted molar refractivity (Wildman–Crippen MR) is 73.3 cm³/mol. The van der Waals surface area contributed by atoms with Gasteiger partial charge < -0.3 is 4.57 Å². The van der Waals surface area contributed by atoms with Crippen molar-refractivity contribution in [3.8, 4) is 6.07 Å². The highest BCUT2D eigenvalue weighted by molar-refractivity contribution is 5.83. The van der Waals surface area contributed by atoms with Gasteiger partial charge in [0.2, 0.25) is 0 Å². The molecule has 0 saturated carbocycles. The molecule has 90 valence electrons. The van der Waals surface area contributed by atoms with E-state index < -0.39 is 0 Å². The van der Waals surface area contributed by atoms with Crippen molar-refractivity contribution in [1.82, 2.24) is 4.57 Å². The standard InChI is InChI=1S/C15H15N3/c1-11-8-14(12(2)18(11)3)10-17-15-6-4-13(9-16)5-7-15/h4-8,10H,1-3H3. The first-order chi connectivity index (χ1) is 8.61. The third-order valence-electron chi connectivity index (χ3n) is 3.16. The lowest BCUT2D eigenvalue weighted by molar-refractivity contribution is 0.843. The monoisotopic (exact) mass is 237 g/mol. The molecule has 3 nitrogen and oxygen atoms in total. The van der Waals surface area contributed by atoms with E-state index in [4.69, 9.17) is 5.26 Å². The van der Waals surface area contributed by atoms with Crippen LogP contribution >= 0.6 is 0 Å². The molecule has 0 aliphatic rings. The molecule has 1 heterocycles. The van der Waals surface area contributed by atoms with Crippen molar-refractivity contribution < 1.29 is 0 Å². The Kier molecular flexibility index (Phi) is 3.29. The number of nitriles is 1. The van der Waals surface area contributed by atoms with Gasteiger partial charge in [0, 0.05) is 30.2 Å². The molecule has 0 aliphatic heterocycles. The van der Waals surface area contributed by atoms with Crippen molar-refractivity contribution in [1.29, 1.82) is 5.26 Å². The first kappa shape index (κ1) is 12.1. The lowest BCUT2D eigenvalue weighted by atomic mass is 10.2. The molecular weight excluding hydrogens is 222 g/mol. The van der Waals surface area contributed by atoms with E-state index in [0.29, 0.717) is 5.56 Å². The maximum absolute atomic E-state index is 8.71. The van der Waals surface area contributed by atoms with E-state index in [1.54, 1.807) is 12.1 Å². The van der Waals surface area contributed by atoms with Gasteiger partial charge in [0.15, 0.2) is 0 Å². The summed E-state index contributed by atoms with van der Waals surface area (Å²) in [5.41, 5.74) is 5.05. The van der Waals surface area contributed by atoms with Crippen LogP contribution in [0.25, 0.3) is 0 Å². The summed E-state index contributed by atoms with van der Waals surface area (Å²) in [5, 5.41) is 8.71. The zero-order chi connectivity index (χ0) is 13.1. The van der Waals surface area contributed by atoms with Gasteiger partial charge in [-0.3, -0.25) is 4.99 Å². The third kappa shape index (κ3) is 2.33. The zero-order valence-electron chi connectivity index (χ0n) is 10.8. The second kappa shape index (κ2) is 4.89. The van der Waals surface area contributed by atoms with Crippen LogP contribution in [0.1, 0.15) is 22.5 Å². The summed E-state index contributed by atoms with van der Waals surface area (Å²) in [4.78, 5) is 4.42. The number of hydrogen-bond donors (Lipinski definition) is 0. The summed E-state index contributed by atoms with van der Waals surface area (Å²) in [7, 11) is 2.05. The quantitative estimate of drug-likeness (QED) is 0.739. The van der Waals surface area contributed by atoms with Gasteiger partial charge in [0.05, 0.1) is 17.3 Å². The van der Waals surface area contributed by atoms with Crippen LogP contribution in [0.3, 0.4) is 0 Å². The molecule has 1 aromatic carbocycles. The summed E-state index contributed by atoms with van der Waals surface area (Å²) < 4.78 is 2.14. The summed E-state index contributed by atoms with van der Waals surface area (Å²) in [6.07, 6.45) is 1.86. The molecule has 0 aliphatic carbocycles. The van der Waals surface area contributed by atoms with Crippen LogP contribution in [0.2, 0.25) is 0 Å². The van der Waals surface area contributed by atoms with Crippen LogP contribution in [0.4, 0.5) is 5.69 Å². The van der Waals surface area contributed by atoms with Crippen LogP contribution in [-0.2, 0) is 7.05 Å². The van der Waals surface area contributed by atoms with E-state index in [9.17, 15) is 0 Å². The van der Waals surface area contributed by atoms with E-state index in [-0.39, 0.29) is 0 Å². The SMILES string of the molecule is Cc1cc(C=Nc2ccc(C#N)cc2)c(C)n1C. The number of nitrogens with zero attached hydrogens (tertiary/aromatic N) is 3. The Labute approximate surface area is 107 Å². The molecular formula is C15H15N3. The summed E-state index contributed by atoms with van der Waals surface area (Å²) in [6, 6.07) is 11.4. The second-order valence-corrected chi connectivity index (χ2v) is 4.30. The fourth-order valence-electron chi connectivity index (χ4n) is 1.78. The first-order valence-corrected chi connectivity index (χ1v) is 5.79. The highest BCUT2D eigenvalue weighted by Gasteiger charge is 2.02. The van der Waals surface area contributed by atoms with Crippen LogP contribution in [-0.4, -0.2) is 10.8 Å². The molecule has 2 aromatic rings. The van der Waals surface area contributed by atoms with Crippen LogP contribution < -0.4 is 0 Å². The summed E-state index contributed by atoms with van der Waals surface area (Å²) in [5.74, 6) is 0. The minimum Gasteiger partial charge on any atom is -0.352 e. The lowest BCUT2D eigenvalue weighted by Gasteiger charge is -1.98. The largest absolute Gasteiger partial charge is 0.352 e. The van der Waals surface area contributed by atoms with E-state index in [2.05, 4.69) is 35.5 Å². The predicted octanol–water partition coefficient (Wildman–Crippen LogP) is 3.26. The fourth-order valence-corrected chi connectivity index (χ4v) is 1.78. The number of aliphatic imine (C=N–C) groups is 1. The lowest BCUT2D eigenvalue weighted by Crippen LogP contribution is -1.93. The van der Waals surface area contributed by atoms with E-state index in [1.807, 2.05) is 25.4 Å². The molecule has 0 atom stereocenters. The van der Waals surface area contributed by atoms with E-state index in [0.717, 1.165) is 11.3 Å². The maximum atomic E-state index is 8.71. The molecule has 0 spiro atoms. The fraction of sp³-hybridized carbons (Fsp3) is 0.200. The van der Waals surface area contributed by atoms with Crippen molar-refractivity contribution in [3.05, 3.63) is 52.8 Å². The van der Waals surface area contributed by atoms with Crippen molar-refractivity contribution in [2.24, 2.45) is 12.0 Å². The number of aryl methyl sites for hydroxylation is 1. The Morgan fingerprint density at radius 1 is 1.22 bits per heavy atom. The highest BCUT2D eigenvalue weighted by atomic mass is 14.9. The third-order valence-corrected chi connectivity index (χ3v) is 3.16. The molecule has 18 heavy (non-hydrogen) atoms. The molecule has 1 aromatic heterocycles. The smallest absolute Gasteiger partial charge is 0.0991 e. The molecule has 0 fully saturated rings. The Morgan fingerprint density at radius 2 is 1.89 bits per heavy atom. The molecule has 0 amide bonds. The molecule has 0 saturated heterocycles. The van der Waals surface area contributed by atoms with Gasteiger partial charge in [0.1, 0.15) is 0 Å². The van der Waals surface area contributed by atoms with Gasteiger partial charge in [-0.2, -0.15) is 5.26 Å². The Morgan fingerprint density at radius 3 is 2.39 bits per heavy atom. The Hall–Kier alpha value is -2.34. The number of aromatic nitrogens is 1. The molecule has 0 N–H and O–H groups in total. The minimum absolute atomic E-state index is 0.653. The van der Waals surface area contributed by atoms with Crippen molar-refractivity contribution in [2.75, 3.05) is 0 Å². The second-order valence-electron chi connectivity index (χ2n) is 4.30. The van der Waals surface area contributed by atoms with Crippen molar-refractivity contribution >= 4 is 11.9 Å². The number of benzene rings is 1. The summed E-state index contributed by atoms with van der Waals surface area (Å²) in [6.45, 7) is 4.15. The average Bonchev–Trinajstić information content (AvgIpc) is 2.64. The highest BCUT2D eigenvalue weighted by Crippen LogP contribution is 2.15. The Balaban J connectivity index is 2.24. The van der Waals surface area contributed by atoms with Crippen molar-refractivity contribution in [2.45, 2.75) is 13.8 Å². The molecule has 2 rings (SSSR count). The number of rotatable bonds is 2. The van der Waals surface area contributed by atoms with Gasteiger partial charge >= 0.3 is 0 Å². The van der Waals surface area contributed by atoms with Crippen LogP contribution in [0.15, 0.2) is 35.3 Å². The minimum atomic E-state index is 0.653. The topological polar surface area (TPSA) is 41.1 Å². The molecule has 3 heteroatoms.